The first kappa shape index (κ1) is 26.8. The highest BCUT2D eigenvalue weighted by molar-refractivity contribution is 6.30. The molecule has 9 nitrogen and oxygen atoms in total. The maximum absolute atomic E-state index is 11.6. The minimum absolute atomic E-state index is 0.00516. The number of nitrogens with one attached hydrogen (secondary N) is 2. The van der Waals surface area contributed by atoms with Gasteiger partial charge in [0.05, 0.1) is 20.3 Å². The molecule has 3 N–H and O–H groups in total. The standard InChI is InChI=1S/C26H27ClN2O7/c1-33-25(31)35-23-10-9-18(15-24(23)36-26(32)34-2)17-5-4-8-21(14-17)29-12-11-28-16-22(30)19-6-3-7-20(27)13-19/h3-10,13-15,22,28-30H,11-12,16H2,1-2H3/t22-/m0/s1. The lowest BCUT2D eigenvalue weighted by molar-refractivity contribution is 0.111. The molecule has 190 valence electrons. The third kappa shape index (κ3) is 7.88. The Bertz CT molecular complexity index is 1190. The van der Waals surface area contributed by atoms with E-state index in [0.717, 1.165) is 22.4 Å². The SMILES string of the molecule is COC(=O)Oc1ccc(-c2cccc(NCCNC[C@H](O)c3cccc(Cl)c3)c2)cc1OC(=O)OC. The Morgan fingerprint density at radius 1 is 0.861 bits per heavy atom. The zero-order valence-electron chi connectivity index (χ0n) is 19.8. The molecular formula is C26H27ClN2O7. The van der Waals surface area contributed by atoms with Gasteiger partial charge in [0, 0.05) is 30.3 Å². The van der Waals surface area contributed by atoms with Crippen LogP contribution in [-0.4, -0.2) is 51.3 Å². The van der Waals surface area contributed by atoms with Crippen molar-refractivity contribution in [2.45, 2.75) is 6.10 Å². The van der Waals surface area contributed by atoms with Gasteiger partial charge in [0.2, 0.25) is 0 Å². The summed E-state index contributed by atoms with van der Waals surface area (Å²) in [5.41, 5.74) is 3.19. The number of methoxy groups -OCH3 is 2. The van der Waals surface area contributed by atoms with Gasteiger partial charge >= 0.3 is 12.3 Å². The predicted octanol–water partition coefficient (Wildman–Crippen LogP) is 5.03. The van der Waals surface area contributed by atoms with Gasteiger partial charge in [0.25, 0.3) is 0 Å². The number of halogens is 1. The monoisotopic (exact) mass is 514 g/mol. The van der Waals surface area contributed by atoms with Crippen molar-refractivity contribution < 1.29 is 33.6 Å². The Morgan fingerprint density at radius 2 is 1.56 bits per heavy atom. The Morgan fingerprint density at radius 3 is 2.28 bits per heavy atom. The smallest absolute Gasteiger partial charge is 0.437 e. The van der Waals surface area contributed by atoms with Crippen molar-refractivity contribution in [2.24, 2.45) is 0 Å². The molecule has 0 aliphatic rings. The van der Waals surface area contributed by atoms with Crippen LogP contribution in [0, 0.1) is 0 Å². The highest BCUT2D eigenvalue weighted by atomic mass is 35.5. The second-order valence-electron chi connectivity index (χ2n) is 7.56. The average Bonchev–Trinajstić information content (AvgIpc) is 2.89. The molecule has 3 aromatic rings. The molecule has 3 aromatic carbocycles. The third-order valence-electron chi connectivity index (χ3n) is 5.06. The lowest BCUT2D eigenvalue weighted by atomic mass is 10.0. The minimum Gasteiger partial charge on any atom is -0.437 e. The third-order valence-corrected chi connectivity index (χ3v) is 5.30. The number of anilines is 1. The largest absolute Gasteiger partial charge is 0.513 e. The molecule has 0 unspecified atom stereocenters. The molecule has 0 aliphatic carbocycles. The second-order valence-corrected chi connectivity index (χ2v) is 7.99. The summed E-state index contributed by atoms with van der Waals surface area (Å²) in [4.78, 5) is 23.2. The van der Waals surface area contributed by atoms with Crippen LogP contribution in [0.1, 0.15) is 11.7 Å². The molecule has 0 spiro atoms. The number of aliphatic hydroxyl groups is 1. The topological polar surface area (TPSA) is 115 Å². The van der Waals surface area contributed by atoms with Crippen LogP contribution >= 0.6 is 11.6 Å². The van der Waals surface area contributed by atoms with E-state index >= 15 is 0 Å². The molecule has 0 saturated carbocycles. The maximum Gasteiger partial charge on any atom is 0.513 e. The molecule has 10 heteroatoms. The van der Waals surface area contributed by atoms with E-state index in [4.69, 9.17) is 21.1 Å². The van der Waals surface area contributed by atoms with Gasteiger partial charge in [0.15, 0.2) is 11.5 Å². The van der Waals surface area contributed by atoms with Crippen molar-refractivity contribution in [1.29, 1.82) is 0 Å². The number of carbonyl (C=O) groups excluding carboxylic acids is 2. The van der Waals surface area contributed by atoms with E-state index in [1.165, 1.54) is 20.3 Å². The van der Waals surface area contributed by atoms with Crippen molar-refractivity contribution in [3.8, 4) is 22.6 Å². The van der Waals surface area contributed by atoms with E-state index in [2.05, 4.69) is 20.1 Å². The summed E-state index contributed by atoms with van der Waals surface area (Å²) in [7, 11) is 2.35. The molecule has 3 rings (SSSR count). The highest BCUT2D eigenvalue weighted by Crippen LogP contribution is 2.34. The summed E-state index contributed by atoms with van der Waals surface area (Å²) in [6, 6.07) is 19.6. The van der Waals surface area contributed by atoms with Crippen molar-refractivity contribution in [1.82, 2.24) is 5.32 Å². The van der Waals surface area contributed by atoms with Gasteiger partial charge < -0.3 is 34.7 Å². The minimum atomic E-state index is -0.953. The number of hydrogen-bond donors (Lipinski definition) is 3. The van der Waals surface area contributed by atoms with E-state index in [1.54, 1.807) is 30.3 Å². The van der Waals surface area contributed by atoms with Crippen LogP contribution in [0.15, 0.2) is 66.7 Å². The van der Waals surface area contributed by atoms with Crippen LogP contribution < -0.4 is 20.1 Å². The summed E-state index contributed by atoms with van der Waals surface area (Å²) < 4.78 is 19.2. The first-order chi connectivity index (χ1) is 17.4. The first-order valence-corrected chi connectivity index (χ1v) is 11.4. The maximum atomic E-state index is 11.6. The van der Waals surface area contributed by atoms with E-state index in [0.29, 0.717) is 24.7 Å². The van der Waals surface area contributed by atoms with Gasteiger partial charge in [-0.25, -0.2) is 9.59 Å². The molecule has 0 radical (unpaired) electrons. The Hall–Kier alpha value is -3.79. The van der Waals surface area contributed by atoms with Crippen LogP contribution in [0.25, 0.3) is 11.1 Å². The number of hydrogen-bond acceptors (Lipinski definition) is 9. The summed E-state index contributed by atoms with van der Waals surface area (Å²) in [5, 5.41) is 17.4. The van der Waals surface area contributed by atoms with Gasteiger partial charge in [-0.15, -0.1) is 0 Å². The summed E-state index contributed by atoms with van der Waals surface area (Å²) in [6.07, 6.45) is -2.55. The van der Waals surface area contributed by atoms with Gasteiger partial charge in [-0.2, -0.15) is 0 Å². The highest BCUT2D eigenvalue weighted by Gasteiger charge is 2.16. The van der Waals surface area contributed by atoms with E-state index in [9.17, 15) is 14.7 Å². The van der Waals surface area contributed by atoms with E-state index in [-0.39, 0.29) is 11.5 Å². The average molecular weight is 515 g/mol. The van der Waals surface area contributed by atoms with E-state index < -0.39 is 18.4 Å². The molecule has 0 aromatic heterocycles. The van der Waals surface area contributed by atoms with Crippen LogP contribution in [0.2, 0.25) is 5.02 Å². The van der Waals surface area contributed by atoms with Crippen LogP contribution in [-0.2, 0) is 9.47 Å². The van der Waals surface area contributed by atoms with Gasteiger partial charge in [-0.3, -0.25) is 0 Å². The van der Waals surface area contributed by atoms with Gasteiger partial charge in [0.1, 0.15) is 0 Å². The molecule has 0 amide bonds. The number of carbonyl (C=O) groups is 2. The Balaban J connectivity index is 1.60. The van der Waals surface area contributed by atoms with Crippen molar-refractivity contribution in [3.63, 3.8) is 0 Å². The number of benzene rings is 3. The summed E-state index contributed by atoms with van der Waals surface area (Å²) >= 11 is 5.97. The molecule has 36 heavy (non-hydrogen) atoms. The number of rotatable bonds is 10. The Labute approximate surface area is 213 Å². The molecule has 1 atom stereocenters. The van der Waals surface area contributed by atoms with Gasteiger partial charge in [-0.1, -0.05) is 41.9 Å². The first-order valence-electron chi connectivity index (χ1n) is 11.0. The quantitative estimate of drug-likeness (QED) is 0.194. The fraction of sp³-hybridized carbons (Fsp3) is 0.231. The van der Waals surface area contributed by atoms with Crippen molar-refractivity contribution >= 4 is 29.6 Å². The lowest BCUT2D eigenvalue weighted by Gasteiger charge is -2.14. The van der Waals surface area contributed by atoms with Crippen molar-refractivity contribution in [3.05, 3.63) is 77.3 Å². The van der Waals surface area contributed by atoms with Crippen LogP contribution in [0.3, 0.4) is 0 Å². The molecular weight excluding hydrogens is 488 g/mol. The van der Waals surface area contributed by atoms with Crippen LogP contribution in [0.5, 0.6) is 11.5 Å². The van der Waals surface area contributed by atoms with Crippen LogP contribution in [0.4, 0.5) is 15.3 Å². The fourth-order valence-corrected chi connectivity index (χ4v) is 3.49. The number of aliphatic hydroxyl groups excluding tert-OH is 1. The zero-order valence-corrected chi connectivity index (χ0v) is 20.6. The molecule has 0 heterocycles. The second kappa shape index (κ2) is 13.3. The predicted molar refractivity (Wildman–Crippen MR) is 136 cm³/mol. The summed E-state index contributed by atoms with van der Waals surface area (Å²) in [6.45, 7) is 1.64. The molecule has 0 bridgehead atoms. The molecule has 0 aliphatic heterocycles. The van der Waals surface area contributed by atoms with Gasteiger partial charge in [-0.05, 0) is 53.1 Å². The zero-order chi connectivity index (χ0) is 25.9. The lowest BCUT2D eigenvalue weighted by Crippen LogP contribution is -2.26. The summed E-state index contributed by atoms with van der Waals surface area (Å²) in [5.74, 6) is 0.0156. The van der Waals surface area contributed by atoms with Crippen molar-refractivity contribution in [2.75, 3.05) is 39.2 Å². The Kier molecular flexibility index (Phi) is 9.93. The number of ether oxygens (including phenoxy) is 4. The normalized spacial score (nSPS) is 11.3. The molecule has 0 saturated heterocycles. The van der Waals surface area contributed by atoms with E-state index in [1.807, 2.05) is 30.3 Å². The molecule has 0 fully saturated rings. The fourth-order valence-electron chi connectivity index (χ4n) is 3.29.